The Morgan fingerprint density at radius 2 is 1.03 bits per heavy atom. The fourth-order valence-electron chi connectivity index (χ4n) is 4.17. The molecular weight excluding hydrogens is 472 g/mol. The van der Waals surface area contributed by atoms with Crippen molar-refractivity contribution in [2.45, 2.75) is 154 Å². The van der Waals surface area contributed by atoms with Crippen molar-refractivity contribution in [2.24, 2.45) is 0 Å². The lowest BCUT2D eigenvalue weighted by atomic mass is 10.1. The number of aliphatic hydroxyl groups is 2. The van der Waals surface area contributed by atoms with Crippen molar-refractivity contribution in [3.05, 3.63) is 0 Å². The molecule has 0 amide bonds. The van der Waals surface area contributed by atoms with Crippen LogP contribution >= 0.6 is 0 Å². The molecule has 0 aromatic rings. The second-order valence-corrected chi connectivity index (χ2v) is 10.3. The first-order valence-corrected chi connectivity index (χ1v) is 15.2. The molecule has 0 aliphatic carbocycles. The predicted octanol–water partition coefficient (Wildman–Crippen LogP) is 6.65. The van der Waals surface area contributed by atoms with Gasteiger partial charge >= 0.3 is 11.9 Å². The van der Waals surface area contributed by atoms with E-state index in [2.05, 4.69) is 13.8 Å². The Kier molecular flexibility index (Phi) is 27.0. The largest absolute Gasteiger partial charge is 0.462 e. The molecule has 0 aliphatic heterocycles. The van der Waals surface area contributed by atoms with E-state index < -0.39 is 18.8 Å². The first kappa shape index (κ1) is 35.8. The summed E-state index contributed by atoms with van der Waals surface area (Å²) in [5.41, 5.74) is 0. The highest BCUT2D eigenvalue weighted by molar-refractivity contribution is 5.70. The fraction of sp³-hybridized carbons (Fsp3) is 0.933. The molecule has 0 spiro atoms. The van der Waals surface area contributed by atoms with E-state index in [-0.39, 0.29) is 31.8 Å². The van der Waals surface area contributed by atoms with Crippen molar-refractivity contribution >= 4 is 11.9 Å². The number of esters is 2. The smallest absolute Gasteiger partial charge is 0.306 e. The predicted molar refractivity (Wildman–Crippen MR) is 148 cm³/mol. The Labute approximate surface area is 227 Å². The molecular formula is C30H58O7. The number of hydrogen-bond donors (Lipinski definition) is 2. The number of carbonyl (C=O) groups is 2. The molecule has 7 heteroatoms. The maximum absolute atomic E-state index is 12.3. The highest BCUT2D eigenvalue weighted by Crippen LogP contribution is 2.13. The quantitative estimate of drug-likeness (QED) is 0.0862. The third-order valence-electron chi connectivity index (χ3n) is 6.52. The van der Waals surface area contributed by atoms with Crippen LogP contribution in [0.1, 0.15) is 142 Å². The zero-order chi connectivity index (χ0) is 27.4. The van der Waals surface area contributed by atoms with Gasteiger partial charge < -0.3 is 24.4 Å². The first-order chi connectivity index (χ1) is 18.0. The van der Waals surface area contributed by atoms with Gasteiger partial charge in [0.15, 0.2) is 6.10 Å². The molecule has 0 aromatic heterocycles. The number of ether oxygens (including phenoxy) is 3. The van der Waals surface area contributed by atoms with Crippen LogP contribution in [-0.2, 0) is 23.8 Å². The van der Waals surface area contributed by atoms with Crippen LogP contribution in [0.15, 0.2) is 0 Å². The molecule has 2 atom stereocenters. The van der Waals surface area contributed by atoms with Gasteiger partial charge in [0.05, 0.1) is 19.8 Å². The summed E-state index contributed by atoms with van der Waals surface area (Å²) in [6.45, 7) is 3.91. The standard InChI is InChI=1S/C30H58O7/c1-3-5-7-9-11-13-15-17-19-21-29(33)36-26-28(25-35-24-27(32)23-31)37-30(34)22-20-18-16-14-12-10-8-6-4-2/h27-28,31-32H,3-26H2,1-2H3/t27?,28-/m0/s1. The lowest BCUT2D eigenvalue weighted by Crippen LogP contribution is -2.31. The van der Waals surface area contributed by atoms with Crippen LogP contribution in [0.25, 0.3) is 0 Å². The summed E-state index contributed by atoms with van der Waals surface area (Å²) in [6.07, 6.45) is 20.1. The zero-order valence-electron chi connectivity index (χ0n) is 24.1. The van der Waals surface area contributed by atoms with Gasteiger partial charge in [-0.25, -0.2) is 0 Å². The van der Waals surface area contributed by atoms with Crippen LogP contribution in [0.2, 0.25) is 0 Å². The minimum atomic E-state index is -0.993. The van der Waals surface area contributed by atoms with Gasteiger partial charge in [-0.15, -0.1) is 0 Å². The molecule has 0 radical (unpaired) electrons. The maximum Gasteiger partial charge on any atom is 0.306 e. The average molecular weight is 531 g/mol. The monoisotopic (exact) mass is 530 g/mol. The highest BCUT2D eigenvalue weighted by atomic mass is 16.6. The van der Waals surface area contributed by atoms with Gasteiger partial charge in [0, 0.05) is 12.8 Å². The van der Waals surface area contributed by atoms with E-state index in [9.17, 15) is 14.7 Å². The number of hydrogen-bond acceptors (Lipinski definition) is 7. The number of carbonyl (C=O) groups excluding carboxylic acids is 2. The summed E-state index contributed by atoms with van der Waals surface area (Å²) < 4.78 is 16.2. The Morgan fingerprint density at radius 3 is 1.49 bits per heavy atom. The van der Waals surface area contributed by atoms with Crippen LogP contribution < -0.4 is 0 Å². The van der Waals surface area contributed by atoms with E-state index >= 15 is 0 Å². The third kappa shape index (κ3) is 26.2. The van der Waals surface area contributed by atoms with Gasteiger partial charge in [-0.2, -0.15) is 0 Å². The van der Waals surface area contributed by atoms with E-state index in [1.165, 1.54) is 77.0 Å². The Balaban J connectivity index is 4.11. The van der Waals surface area contributed by atoms with Gasteiger partial charge in [0.1, 0.15) is 12.7 Å². The second-order valence-electron chi connectivity index (χ2n) is 10.3. The lowest BCUT2D eigenvalue weighted by Gasteiger charge is -2.19. The molecule has 0 saturated heterocycles. The van der Waals surface area contributed by atoms with Crippen molar-refractivity contribution in [1.29, 1.82) is 0 Å². The summed E-state index contributed by atoms with van der Waals surface area (Å²) >= 11 is 0. The summed E-state index contributed by atoms with van der Waals surface area (Å²) in [5, 5.41) is 18.4. The molecule has 220 valence electrons. The molecule has 0 rings (SSSR count). The topological polar surface area (TPSA) is 102 Å². The van der Waals surface area contributed by atoms with Gasteiger partial charge in [0.25, 0.3) is 0 Å². The van der Waals surface area contributed by atoms with Gasteiger partial charge in [-0.05, 0) is 12.8 Å². The molecule has 0 saturated carbocycles. The van der Waals surface area contributed by atoms with E-state index in [0.29, 0.717) is 12.8 Å². The van der Waals surface area contributed by atoms with Crippen LogP contribution in [0.4, 0.5) is 0 Å². The third-order valence-corrected chi connectivity index (χ3v) is 6.52. The summed E-state index contributed by atoms with van der Waals surface area (Å²) in [4.78, 5) is 24.5. The van der Waals surface area contributed by atoms with Gasteiger partial charge in [0.2, 0.25) is 0 Å². The Hall–Kier alpha value is -1.18. The SMILES string of the molecule is CCCCCCCCCCCC(=O)OC[C@H](COCC(O)CO)OC(=O)CCCCCCCCCCC. The van der Waals surface area contributed by atoms with Crippen molar-refractivity contribution in [3.8, 4) is 0 Å². The number of aliphatic hydroxyl groups excluding tert-OH is 2. The van der Waals surface area contributed by atoms with E-state index in [4.69, 9.17) is 19.3 Å². The number of rotatable bonds is 28. The first-order valence-electron chi connectivity index (χ1n) is 15.2. The van der Waals surface area contributed by atoms with E-state index in [0.717, 1.165) is 38.5 Å². The molecule has 0 aliphatic rings. The summed E-state index contributed by atoms with van der Waals surface area (Å²) in [7, 11) is 0. The average Bonchev–Trinajstić information content (AvgIpc) is 2.89. The normalized spacial score (nSPS) is 12.9. The van der Waals surface area contributed by atoms with Crippen molar-refractivity contribution in [2.75, 3.05) is 26.4 Å². The summed E-state index contributed by atoms with van der Waals surface area (Å²) in [5.74, 6) is -0.618. The summed E-state index contributed by atoms with van der Waals surface area (Å²) in [6, 6.07) is 0. The van der Waals surface area contributed by atoms with Gasteiger partial charge in [-0.1, -0.05) is 117 Å². The van der Waals surface area contributed by atoms with Crippen LogP contribution in [-0.4, -0.2) is 60.8 Å². The Bertz CT molecular complexity index is 512. The van der Waals surface area contributed by atoms with Crippen LogP contribution in [0.3, 0.4) is 0 Å². The lowest BCUT2D eigenvalue weighted by molar-refractivity contribution is -0.163. The number of unbranched alkanes of at least 4 members (excludes halogenated alkanes) is 16. The highest BCUT2D eigenvalue weighted by Gasteiger charge is 2.18. The van der Waals surface area contributed by atoms with Crippen LogP contribution in [0.5, 0.6) is 0 Å². The van der Waals surface area contributed by atoms with Crippen molar-refractivity contribution in [1.82, 2.24) is 0 Å². The van der Waals surface area contributed by atoms with E-state index in [1.54, 1.807) is 0 Å². The zero-order valence-corrected chi connectivity index (χ0v) is 24.1. The molecule has 2 N–H and O–H groups in total. The molecule has 0 fully saturated rings. The Morgan fingerprint density at radius 1 is 0.595 bits per heavy atom. The molecule has 0 heterocycles. The molecule has 37 heavy (non-hydrogen) atoms. The van der Waals surface area contributed by atoms with Gasteiger partial charge in [-0.3, -0.25) is 9.59 Å². The minimum absolute atomic E-state index is 0.00582. The van der Waals surface area contributed by atoms with Crippen molar-refractivity contribution < 1.29 is 34.0 Å². The van der Waals surface area contributed by atoms with Crippen molar-refractivity contribution in [3.63, 3.8) is 0 Å². The molecule has 7 nitrogen and oxygen atoms in total. The van der Waals surface area contributed by atoms with Crippen LogP contribution in [0, 0.1) is 0 Å². The molecule has 0 aromatic carbocycles. The minimum Gasteiger partial charge on any atom is -0.462 e. The maximum atomic E-state index is 12.3. The molecule has 0 bridgehead atoms. The van der Waals surface area contributed by atoms with E-state index in [1.807, 2.05) is 0 Å². The fourth-order valence-corrected chi connectivity index (χ4v) is 4.17. The second kappa shape index (κ2) is 27.8. The molecule has 1 unspecified atom stereocenters.